The zero-order chi connectivity index (χ0) is 18.1. The highest BCUT2D eigenvalue weighted by Crippen LogP contribution is 2.23. The van der Waals surface area contributed by atoms with Crippen molar-refractivity contribution in [2.24, 2.45) is 0 Å². The molecular weight excluding hydrogens is 377 g/mol. The molecule has 0 saturated heterocycles. The third-order valence-electron chi connectivity index (χ3n) is 3.50. The van der Waals surface area contributed by atoms with Crippen LogP contribution in [0.15, 0.2) is 42.5 Å². The van der Waals surface area contributed by atoms with Gasteiger partial charge in [0.1, 0.15) is 5.82 Å². The maximum absolute atomic E-state index is 13.6. The van der Waals surface area contributed by atoms with Crippen molar-refractivity contribution in [3.8, 4) is 0 Å². The Kier molecular flexibility index (Phi) is 8.65. The summed E-state index contributed by atoms with van der Waals surface area (Å²) >= 11 is 9.12. The van der Waals surface area contributed by atoms with Gasteiger partial charge in [-0.05, 0) is 24.6 Å². The highest BCUT2D eigenvalue weighted by molar-refractivity contribution is 7.99. The van der Waals surface area contributed by atoms with Gasteiger partial charge in [-0.25, -0.2) is 4.39 Å². The quantitative estimate of drug-likeness (QED) is 0.599. The van der Waals surface area contributed by atoms with Gasteiger partial charge < -0.3 is 5.32 Å². The molecular formula is C19H21ClFNOS2. The predicted octanol–water partition coefficient (Wildman–Crippen LogP) is 5.07. The zero-order valence-electron chi connectivity index (χ0n) is 14.1. The fourth-order valence-corrected chi connectivity index (χ4v) is 4.12. The molecule has 25 heavy (non-hydrogen) atoms. The second kappa shape index (κ2) is 10.7. The molecule has 1 amide bonds. The Morgan fingerprint density at radius 3 is 2.60 bits per heavy atom. The average molecular weight is 398 g/mol. The predicted molar refractivity (Wildman–Crippen MR) is 108 cm³/mol. The van der Waals surface area contributed by atoms with Crippen LogP contribution in [0.1, 0.15) is 16.7 Å². The molecule has 0 aliphatic heterocycles. The number of amides is 1. The molecule has 0 aliphatic rings. The lowest BCUT2D eigenvalue weighted by Gasteiger charge is -2.07. The van der Waals surface area contributed by atoms with Crippen molar-refractivity contribution in [2.45, 2.75) is 18.4 Å². The van der Waals surface area contributed by atoms with Gasteiger partial charge in [0.2, 0.25) is 5.91 Å². The summed E-state index contributed by atoms with van der Waals surface area (Å²) in [5.74, 6) is 2.13. The van der Waals surface area contributed by atoms with Gasteiger partial charge in [0.15, 0.2) is 0 Å². The minimum Gasteiger partial charge on any atom is -0.355 e. The summed E-state index contributed by atoms with van der Waals surface area (Å²) in [6.45, 7) is 2.71. The number of hydrogen-bond donors (Lipinski definition) is 1. The van der Waals surface area contributed by atoms with E-state index in [1.807, 2.05) is 0 Å². The van der Waals surface area contributed by atoms with Crippen molar-refractivity contribution >= 4 is 41.0 Å². The molecule has 1 N–H and O–H groups in total. The van der Waals surface area contributed by atoms with Crippen molar-refractivity contribution in [1.82, 2.24) is 5.32 Å². The van der Waals surface area contributed by atoms with Crippen LogP contribution in [-0.4, -0.2) is 24.0 Å². The van der Waals surface area contributed by atoms with Crippen molar-refractivity contribution in [3.05, 3.63) is 70.0 Å². The molecule has 0 unspecified atom stereocenters. The summed E-state index contributed by atoms with van der Waals surface area (Å²) < 4.78 is 13.6. The Morgan fingerprint density at radius 2 is 1.88 bits per heavy atom. The van der Waals surface area contributed by atoms with Crippen LogP contribution in [0.5, 0.6) is 0 Å². The second-order valence-electron chi connectivity index (χ2n) is 5.58. The summed E-state index contributed by atoms with van der Waals surface area (Å²) in [6.07, 6.45) is 0. The van der Waals surface area contributed by atoms with E-state index in [0.717, 1.165) is 11.5 Å². The molecule has 0 heterocycles. The van der Waals surface area contributed by atoms with Crippen LogP contribution >= 0.6 is 35.1 Å². The third kappa shape index (κ3) is 7.30. The monoisotopic (exact) mass is 397 g/mol. The van der Waals surface area contributed by atoms with Gasteiger partial charge >= 0.3 is 0 Å². The van der Waals surface area contributed by atoms with Crippen LogP contribution in [0.3, 0.4) is 0 Å². The first-order chi connectivity index (χ1) is 12.1. The van der Waals surface area contributed by atoms with Gasteiger partial charge in [0.25, 0.3) is 0 Å². The minimum atomic E-state index is -0.326. The SMILES string of the molecule is Cc1ccc(CSCCNC(=O)CSCc2c(F)cccc2Cl)cc1. The lowest BCUT2D eigenvalue weighted by atomic mass is 10.2. The number of rotatable bonds is 9. The number of thioether (sulfide) groups is 2. The molecule has 0 spiro atoms. The van der Waals surface area contributed by atoms with E-state index in [0.29, 0.717) is 28.6 Å². The Bertz CT molecular complexity index is 674. The van der Waals surface area contributed by atoms with Crippen LogP contribution in [0.25, 0.3) is 0 Å². The van der Waals surface area contributed by atoms with E-state index >= 15 is 0 Å². The standard InChI is InChI=1S/C19H21ClFNOS2/c1-14-5-7-15(8-6-14)11-24-10-9-22-19(23)13-25-12-16-17(20)3-2-4-18(16)21/h2-8H,9-13H2,1H3,(H,22,23). The number of halogens is 2. The van der Waals surface area contributed by atoms with E-state index in [9.17, 15) is 9.18 Å². The van der Waals surface area contributed by atoms with E-state index in [2.05, 4.69) is 36.5 Å². The van der Waals surface area contributed by atoms with Crippen molar-refractivity contribution in [1.29, 1.82) is 0 Å². The first-order valence-corrected chi connectivity index (χ1v) is 10.7. The second-order valence-corrected chi connectivity index (χ2v) is 8.08. The lowest BCUT2D eigenvalue weighted by molar-refractivity contribution is -0.118. The van der Waals surface area contributed by atoms with Crippen molar-refractivity contribution in [3.63, 3.8) is 0 Å². The normalized spacial score (nSPS) is 10.7. The van der Waals surface area contributed by atoms with Crippen LogP contribution in [0.2, 0.25) is 5.02 Å². The molecule has 2 aromatic rings. The van der Waals surface area contributed by atoms with Gasteiger partial charge in [-0.15, -0.1) is 11.8 Å². The van der Waals surface area contributed by atoms with Crippen molar-refractivity contribution < 1.29 is 9.18 Å². The molecule has 0 atom stereocenters. The first kappa shape index (κ1) is 20.1. The highest BCUT2D eigenvalue weighted by Gasteiger charge is 2.08. The first-order valence-electron chi connectivity index (χ1n) is 7.97. The van der Waals surface area contributed by atoms with E-state index in [1.54, 1.807) is 23.9 Å². The van der Waals surface area contributed by atoms with Gasteiger partial charge in [0, 0.05) is 34.4 Å². The van der Waals surface area contributed by atoms with Gasteiger partial charge in [-0.3, -0.25) is 4.79 Å². The summed E-state index contributed by atoms with van der Waals surface area (Å²) in [6, 6.07) is 13.1. The highest BCUT2D eigenvalue weighted by atomic mass is 35.5. The molecule has 0 saturated carbocycles. The van der Waals surface area contributed by atoms with E-state index in [1.165, 1.54) is 29.0 Å². The number of nitrogens with one attached hydrogen (secondary N) is 1. The molecule has 0 aliphatic carbocycles. The molecule has 6 heteroatoms. The van der Waals surface area contributed by atoms with Gasteiger partial charge in [0.05, 0.1) is 5.75 Å². The number of hydrogen-bond acceptors (Lipinski definition) is 3. The Morgan fingerprint density at radius 1 is 1.12 bits per heavy atom. The van der Waals surface area contributed by atoms with Gasteiger partial charge in [-0.2, -0.15) is 11.8 Å². The topological polar surface area (TPSA) is 29.1 Å². The molecule has 134 valence electrons. The number of benzene rings is 2. The summed E-state index contributed by atoms with van der Waals surface area (Å²) in [5, 5.41) is 3.29. The fourth-order valence-electron chi connectivity index (χ4n) is 2.10. The Labute approximate surface area is 161 Å². The zero-order valence-corrected chi connectivity index (χ0v) is 16.4. The Balaban J connectivity index is 1.57. The fraction of sp³-hybridized carbons (Fsp3) is 0.316. The van der Waals surface area contributed by atoms with Crippen LogP contribution in [0, 0.1) is 12.7 Å². The average Bonchev–Trinajstić information content (AvgIpc) is 2.59. The molecule has 0 aromatic heterocycles. The maximum atomic E-state index is 13.6. The molecule has 2 rings (SSSR count). The van der Waals surface area contributed by atoms with E-state index in [4.69, 9.17) is 11.6 Å². The largest absolute Gasteiger partial charge is 0.355 e. The summed E-state index contributed by atoms with van der Waals surface area (Å²) in [5.41, 5.74) is 3.00. The number of carbonyl (C=O) groups excluding carboxylic acids is 1. The molecule has 0 radical (unpaired) electrons. The number of carbonyl (C=O) groups is 1. The lowest BCUT2D eigenvalue weighted by Crippen LogP contribution is -2.27. The van der Waals surface area contributed by atoms with Crippen LogP contribution in [0.4, 0.5) is 4.39 Å². The van der Waals surface area contributed by atoms with Crippen LogP contribution in [-0.2, 0) is 16.3 Å². The van der Waals surface area contributed by atoms with Crippen LogP contribution < -0.4 is 5.32 Å². The van der Waals surface area contributed by atoms with Gasteiger partial charge in [-0.1, -0.05) is 47.5 Å². The summed E-state index contributed by atoms with van der Waals surface area (Å²) in [4.78, 5) is 11.8. The molecule has 0 fully saturated rings. The molecule has 0 bridgehead atoms. The smallest absolute Gasteiger partial charge is 0.230 e. The van der Waals surface area contributed by atoms with E-state index in [-0.39, 0.29) is 11.7 Å². The third-order valence-corrected chi connectivity index (χ3v) is 5.84. The number of aryl methyl sites for hydroxylation is 1. The van der Waals surface area contributed by atoms with E-state index < -0.39 is 0 Å². The molecule has 2 nitrogen and oxygen atoms in total. The van der Waals surface area contributed by atoms with Crippen molar-refractivity contribution in [2.75, 3.05) is 18.1 Å². The maximum Gasteiger partial charge on any atom is 0.230 e. The molecule has 2 aromatic carbocycles. The Hall–Kier alpha value is -1.17. The summed E-state index contributed by atoms with van der Waals surface area (Å²) in [7, 11) is 0. The minimum absolute atomic E-state index is 0.0339.